The van der Waals surface area contributed by atoms with Crippen LogP contribution in [0.3, 0.4) is 0 Å². The Bertz CT molecular complexity index is 603. The molecule has 0 bridgehead atoms. The van der Waals surface area contributed by atoms with E-state index in [0.29, 0.717) is 13.0 Å². The van der Waals surface area contributed by atoms with Crippen LogP contribution >= 0.6 is 15.9 Å². The van der Waals surface area contributed by atoms with Crippen molar-refractivity contribution in [2.75, 3.05) is 17.2 Å². The van der Waals surface area contributed by atoms with Crippen LogP contribution in [0.1, 0.15) is 17.5 Å². The van der Waals surface area contributed by atoms with Crippen molar-refractivity contribution in [2.45, 2.75) is 20.3 Å². The van der Waals surface area contributed by atoms with Crippen molar-refractivity contribution in [3.63, 3.8) is 0 Å². The number of rotatable bonds is 5. The molecule has 0 heterocycles. The Morgan fingerprint density at radius 2 is 1.62 bits per heavy atom. The lowest BCUT2D eigenvalue weighted by molar-refractivity contribution is -0.115. The number of benzene rings is 2. The van der Waals surface area contributed by atoms with Gasteiger partial charge in [-0.3, -0.25) is 4.79 Å². The topological polar surface area (TPSA) is 41.1 Å². The highest BCUT2D eigenvalue weighted by atomic mass is 79.9. The van der Waals surface area contributed by atoms with Crippen LogP contribution in [0.15, 0.2) is 46.9 Å². The first kappa shape index (κ1) is 15.6. The number of carbonyl (C=O) groups excluding carboxylic acids is 1. The highest BCUT2D eigenvalue weighted by Crippen LogP contribution is 2.15. The molecule has 2 aromatic carbocycles. The SMILES string of the molecule is Cc1cc(C)cc(NC(=O)CCNc2ccc(Br)cc2)c1. The van der Waals surface area contributed by atoms with E-state index in [1.807, 2.05) is 50.2 Å². The third-order valence-electron chi connectivity index (χ3n) is 3.03. The van der Waals surface area contributed by atoms with Gasteiger partial charge >= 0.3 is 0 Å². The molecule has 110 valence electrons. The maximum atomic E-state index is 11.9. The van der Waals surface area contributed by atoms with Crippen LogP contribution in [0.4, 0.5) is 11.4 Å². The maximum Gasteiger partial charge on any atom is 0.226 e. The summed E-state index contributed by atoms with van der Waals surface area (Å²) in [4.78, 5) is 11.9. The van der Waals surface area contributed by atoms with Crippen LogP contribution in [0, 0.1) is 13.8 Å². The molecule has 0 aliphatic rings. The second-order valence-electron chi connectivity index (χ2n) is 5.11. The Hall–Kier alpha value is -1.81. The van der Waals surface area contributed by atoms with Crippen molar-refractivity contribution in [1.29, 1.82) is 0 Å². The van der Waals surface area contributed by atoms with E-state index in [1.165, 1.54) is 0 Å². The van der Waals surface area contributed by atoms with Gasteiger partial charge in [-0.05, 0) is 61.4 Å². The third kappa shape index (κ3) is 5.23. The average Bonchev–Trinajstić information content (AvgIpc) is 2.39. The molecule has 0 aliphatic heterocycles. The second-order valence-corrected chi connectivity index (χ2v) is 6.02. The molecule has 2 aromatic rings. The van der Waals surface area contributed by atoms with Gasteiger partial charge in [-0.1, -0.05) is 22.0 Å². The molecule has 2 N–H and O–H groups in total. The fraction of sp³-hybridized carbons (Fsp3) is 0.235. The van der Waals surface area contributed by atoms with E-state index in [2.05, 4.69) is 32.6 Å². The lowest BCUT2D eigenvalue weighted by Crippen LogP contribution is -2.16. The van der Waals surface area contributed by atoms with E-state index < -0.39 is 0 Å². The summed E-state index contributed by atoms with van der Waals surface area (Å²) < 4.78 is 1.04. The van der Waals surface area contributed by atoms with Crippen molar-refractivity contribution in [2.24, 2.45) is 0 Å². The molecule has 0 spiro atoms. The first-order chi connectivity index (χ1) is 10.0. The smallest absolute Gasteiger partial charge is 0.226 e. The number of halogens is 1. The predicted octanol–water partition coefficient (Wildman–Crippen LogP) is 4.51. The maximum absolute atomic E-state index is 11.9. The van der Waals surface area contributed by atoms with Crippen molar-refractivity contribution in [1.82, 2.24) is 0 Å². The summed E-state index contributed by atoms with van der Waals surface area (Å²) in [6.45, 7) is 4.66. The van der Waals surface area contributed by atoms with E-state index in [-0.39, 0.29) is 5.91 Å². The van der Waals surface area contributed by atoms with Gasteiger partial charge in [0.15, 0.2) is 0 Å². The fourth-order valence-electron chi connectivity index (χ4n) is 2.16. The molecule has 0 aliphatic carbocycles. The van der Waals surface area contributed by atoms with Crippen LogP contribution in [0.25, 0.3) is 0 Å². The molecule has 3 nitrogen and oxygen atoms in total. The van der Waals surface area contributed by atoms with Gasteiger partial charge in [0.25, 0.3) is 0 Å². The lowest BCUT2D eigenvalue weighted by atomic mass is 10.1. The third-order valence-corrected chi connectivity index (χ3v) is 3.56. The van der Waals surface area contributed by atoms with E-state index in [1.54, 1.807) is 0 Å². The van der Waals surface area contributed by atoms with Crippen LogP contribution < -0.4 is 10.6 Å². The largest absolute Gasteiger partial charge is 0.385 e. The molecule has 0 aromatic heterocycles. The Labute approximate surface area is 133 Å². The first-order valence-electron chi connectivity index (χ1n) is 6.90. The number of amides is 1. The Morgan fingerprint density at radius 1 is 1.00 bits per heavy atom. The Kier molecular flexibility index (Phi) is 5.39. The minimum atomic E-state index is 0.0182. The van der Waals surface area contributed by atoms with E-state index in [4.69, 9.17) is 0 Å². The second kappa shape index (κ2) is 7.27. The molecule has 0 unspecified atom stereocenters. The highest BCUT2D eigenvalue weighted by Gasteiger charge is 2.03. The van der Waals surface area contributed by atoms with Gasteiger partial charge in [-0.15, -0.1) is 0 Å². The average molecular weight is 347 g/mol. The molecule has 21 heavy (non-hydrogen) atoms. The normalized spacial score (nSPS) is 10.2. The van der Waals surface area contributed by atoms with E-state index >= 15 is 0 Å². The summed E-state index contributed by atoms with van der Waals surface area (Å²) in [6, 6.07) is 13.9. The van der Waals surface area contributed by atoms with Gasteiger partial charge < -0.3 is 10.6 Å². The highest BCUT2D eigenvalue weighted by molar-refractivity contribution is 9.10. The molecular weight excluding hydrogens is 328 g/mol. The minimum absolute atomic E-state index is 0.0182. The summed E-state index contributed by atoms with van der Waals surface area (Å²) in [6.07, 6.45) is 0.434. The number of hydrogen-bond donors (Lipinski definition) is 2. The van der Waals surface area contributed by atoms with Gasteiger partial charge in [0.1, 0.15) is 0 Å². The van der Waals surface area contributed by atoms with Crippen LogP contribution in [0.2, 0.25) is 0 Å². The zero-order valence-corrected chi connectivity index (χ0v) is 13.8. The number of anilines is 2. The summed E-state index contributed by atoms with van der Waals surface area (Å²) in [5.74, 6) is 0.0182. The standard InChI is InChI=1S/C17H19BrN2O/c1-12-9-13(2)11-16(10-12)20-17(21)7-8-19-15-5-3-14(18)4-6-15/h3-6,9-11,19H,7-8H2,1-2H3,(H,20,21). The number of nitrogens with one attached hydrogen (secondary N) is 2. The van der Waals surface area contributed by atoms with Crippen LogP contribution in [-0.4, -0.2) is 12.5 Å². The van der Waals surface area contributed by atoms with Gasteiger partial charge in [-0.2, -0.15) is 0 Å². The molecule has 4 heteroatoms. The predicted molar refractivity (Wildman–Crippen MR) is 91.8 cm³/mol. The Balaban J connectivity index is 1.80. The molecule has 0 atom stereocenters. The van der Waals surface area contributed by atoms with Gasteiger partial charge in [0.2, 0.25) is 5.91 Å². The van der Waals surface area contributed by atoms with Gasteiger partial charge in [0, 0.05) is 28.8 Å². The monoisotopic (exact) mass is 346 g/mol. The quantitative estimate of drug-likeness (QED) is 0.836. The number of aryl methyl sites for hydroxylation is 2. The van der Waals surface area contributed by atoms with Crippen molar-refractivity contribution in [3.05, 3.63) is 58.1 Å². The Morgan fingerprint density at radius 3 is 2.24 bits per heavy atom. The summed E-state index contributed by atoms with van der Waals surface area (Å²) >= 11 is 3.39. The fourth-order valence-corrected chi connectivity index (χ4v) is 2.42. The van der Waals surface area contributed by atoms with Gasteiger partial charge in [0.05, 0.1) is 0 Å². The molecule has 0 fully saturated rings. The van der Waals surface area contributed by atoms with Crippen LogP contribution in [-0.2, 0) is 4.79 Å². The van der Waals surface area contributed by atoms with Crippen molar-refractivity contribution >= 4 is 33.2 Å². The zero-order valence-electron chi connectivity index (χ0n) is 12.2. The minimum Gasteiger partial charge on any atom is -0.385 e. The van der Waals surface area contributed by atoms with E-state index in [9.17, 15) is 4.79 Å². The summed E-state index contributed by atoms with van der Waals surface area (Å²) in [5, 5.41) is 6.16. The molecule has 2 rings (SSSR count). The molecule has 0 saturated heterocycles. The summed E-state index contributed by atoms with van der Waals surface area (Å²) in [5.41, 5.74) is 4.18. The number of hydrogen-bond acceptors (Lipinski definition) is 2. The molecule has 1 amide bonds. The molecule has 0 radical (unpaired) electrons. The van der Waals surface area contributed by atoms with Crippen LogP contribution in [0.5, 0.6) is 0 Å². The van der Waals surface area contributed by atoms with Gasteiger partial charge in [-0.25, -0.2) is 0 Å². The first-order valence-corrected chi connectivity index (χ1v) is 7.70. The van der Waals surface area contributed by atoms with Crippen molar-refractivity contribution < 1.29 is 4.79 Å². The summed E-state index contributed by atoms with van der Waals surface area (Å²) in [7, 11) is 0. The molecular formula is C17H19BrN2O. The number of carbonyl (C=O) groups is 1. The van der Waals surface area contributed by atoms with E-state index in [0.717, 1.165) is 27.0 Å². The van der Waals surface area contributed by atoms with Crippen molar-refractivity contribution in [3.8, 4) is 0 Å². The zero-order chi connectivity index (χ0) is 15.2. The lowest BCUT2D eigenvalue weighted by Gasteiger charge is -2.09. The molecule has 0 saturated carbocycles.